The molecule has 0 aliphatic rings. The first-order valence-corrected chi connectivity index (χ1v) is 6.90. The Morgan fingerprint density at radius 1 is 0.842 bits per heavy atom. The molecular weight excluding hydrogens is 236 g/mol. The minimum absolute atomic E-state index is 0.375. The fourth-order valence-corrected chi connectivity index (χ4v) is 1.96. The van der Waals surface area contributed by atoms with Crippen LogP contribution in [0, 0.1) is 0 Å². The number of hydrogen-bond acceptors (Lipinski definition) is 2. The van der Waals surface area contributed by atoms with Crippen LogP contribution >= 0.6 is 0 Å². The molecule has 0 aliphatic carbocycles. The number of allylic oxidation sites excluding steroid dienone is 2. The molecule has 0 heterocycles. The van der Waals surface area contributed by atoms with Crippen molar-refractivity contribution in [2.45, 2.75) is 57.2 Å². The van der Waals surface area contributed by atoms with Gasteiger partial charge in [0.1, 0.15) is 0 Å². The van der Waals surface area contributed by atoms with Crippen LogP contribution in [0.5, 0.6) is 0 Å². The number of aliphatic hydroxyl groups excluding tert-OH is 2. The van der Waals surface area contributed by atoms with Gasteiger partial charge in [0.25, 0.3) is 0 Å². The molecule has 0 aromatic rings. The van der Waals surface area contributed by atoms with Crippen LogP contribution in [0.1, 0.15) is 44.9 Å². The lowest BCUT2D eigenvalue weighted by molar-refractivity contribution is 0.0803. The van der Waals surface area contributed by atoms with Gasteiger partial charge in [-0.1, -0.05) is 36.5 Å². The average Bonchev–Trinajstić information content (AvgIpc) is 2.33. The van der Waals surface area contributed by atoms with E-state index in [1.165, 1.54) is 0 Å². The molecule has 108 valence electrons. The van der Waals surface area contributed by atoms with Crippen LogP contribution in [0.3, 0.4) is 0 Å². The van der Waals surface area contributed by atoms with Gasteiger partial charge in [-0.05, 0) is 44.9 Å². The molecule has 0 aliphatic heterocycles. The monoisotopic (exact) mass is 264 g/mol. The fourth-order valence-electron chi connectivity index (χ4n) is 1.96. The van der Waals surface area contributed by atoms with Crippen molar-refractivity contribution in [3.63, 3.8) is 0 Å². The summed E-state index contributed by atoms with van der Waals surface area (Å²) >= 11 is 0. The summed E-state index contributed by atoms with van der Waals surface area (Å²) < 4.78 is 0. The lowest BCUT2D eigenvalue weighted by Gasteiger charge is -2.17. The lowest BCUT2D eigenvalue weighted by Crippen LogP contribution is -2.18. The minimum Gasteiger partial charge on any atom is -0.393 e. The summed E-state index contributed by atoms with van der Waals surface area (Å²) in [6.07, 6.45) is 7.56. The highest BCUT2D eigenvalue weighted by atomic mass is 16.3. The number of aliphatic hydroxyl groups is 2. The topological polar surface area (TPSA) is 40.5 Å². The van der Waals surface area contributed by atoms with Crippen molar-refractivity contribution in [2.75, 3.05) is 0 Å². The normalized spacial score (nSPS) is 13.6. The van der Waals surface area contributed by atoms with E-state index in [2.05, 4.69) is 26.3 Å². The lowest BCUT2D eigenvalue weighted by atomic mass is 9.97. The SMILES string of the molecule is C=CCCC(=C)C[C@H](O)C[C@@H](O)CC(=C)CCC=C. The molecule has 2 atom stereocenters. The Labute approximate surface area is 117 Å². The molecule has 0 bridgehead atoms. The van der Waals surface area contributed by atoms with Gasteiger partial charge < -0.3 is 10.2 Å². The summed E-state index contributed by atoms with van der Waals surface area (Å²) in [5, 5.41) is 19.8. The Hall–Kier alpha value is -1.12. The Morgan fingerprint density at radius 3 is 1.53 bits per heavy atom. The Balaban J connectivity index is 3.87. The molecule has 0 saturated heterocycles. The van der Waals surface area contributed by atoms with E-state index in [4.69, 9.17) is 0 Å². The molecule has 0 spiro atoms. The molecule has 0 unspecified atom stereocenters. The van der Waals surface area contributed by atoms with Crippen molar-refractivity contribution in [1.82, 2.24) is 0 Å². The summed E-state index contributed by atoms with van der Waals surface area (Å²) in [6.45, 7) is 15.2. The Kier molecular flexibility index (Phi) is 10.1. The second kappa shape index (κ2) is 10.8. The third kappa shape index (κ3) is 10.5. The van der Waals surface area contributed by atoms with E-state index in [1.54, 1.807) is 0 Å². The van der Waals surface area contributed by atoms with Crippen molar-refractivity contribution in [1.29, 1.82) is 0 Å². The largest absolute Gasteiger partial charge is 0.393 e. The standard InChI is InChI=1S/C17H28O2/c1-5-7-9-14(3)11-16(18)13-17(19)12-15(4)10-8-6-2/h5-6,16-19H,1-4,7-13H2/t16-,17-/m0/s1. The van der Waals surface area contributed by atoms with Crippen LogP contribution in [0.2, 0.25) is 0 Å². The fraction of sp³-hybridized carbons (Fsp3) is 0.529. The van der Waals surface area contributed by atoms with Crippen molar-refractivity contribution < 1.29 is 10.2 Å². The summed E-state index contributed by atoms with van der Waals surface area (Å²) in [7, 11) is 0. The quantitative estimate of drug-likeness (QED) is 0.524. The van der Waals surface area contributed by atoms with Crippen LogP contribution in [-0.4, -0.2) is 22.4 Å². The highest BCUT2D eigenvalue weighted by Crippen LogP contribution is 2.18. The van der Waals surface area contributed by atoms with Gasteiger partial charge in [-0.15, -0.1) is 13.2 Å². The second-order valence-electron chi connectivity index (χ2n) is 5.11. The van der Waals surface area contributed by atoms with Crippen molar-refractivity contribution >= 4 is 0 Å². The van der Waals surface area contributed by atoms with E-state index in [0.29, 0.717) is 19.3 Å². The second-order valence-corrected chi connectivity index (χ2v) is 5.11. The third-order valence-electron chi connectivity index (χ3n) is 3.00. The number of hydrogen-bond donors (Lipinski definition) is 2. The first-order chi connectivity index (χ1) is 8.99. The van der Waals surface area contributed by atoms with Crippen LogP contribution < -0.4 is 0 Å². The van der Waals surface area contributed by atoms with Gasteiger partial charge in [0.05, 0.1) is 12.2 Å². The van der Waals surface area contributed by atoms with E-state index < -0.39 is 12.2 Å². The molecule has 0 aromatic carbocycles. The predicted octanol–water partition coefficient (Wildman–Crippen LogP) is 3.92. The maximum atomic E-state index is 9.89. The van der Waals surface area contributed by atoms with Gasteiger partial charge in [0.15, 0.2) is 0 Å². The van der Waals surface area contributed by atoms with E-state index in [9.17, 15) is 10.2 Å². The van der Waals surface area contributed by atoms with Gasteiger partial charge in [-0.25, -0.2) is 0 Å². The van der Waals surface area contributed by atoms with Gasteiger partial charge >= 0.3 is 0 Å². The van der Waals surface area contributed by atoms with E-state index >= 15 is 0 Å². The maximum Gasteiger partial charge on any atom is 0.0601 e. The zero-order valence-electron chi connectivity index (χ0n) is 12.0. The van der Waals surface area contributed by atoms with Gasteiger partial charge in [-0.2, -0.15) is 0 Å². The van der Waals surface area contributed by atoms with Gasteiger partial charge in [0.2, 0.25) is 0 Å². The first-order valence-electron chi connectivity index (χ1n) is 6.90. The molecule has 0 radical (unpaired) electrons. The molecule has 0 amide bonds. The highest BCUT2D eigenvalue weighted by molar-refractivity contribution is 5.00. The predicted molar refractivity (Wildman–Crippen MR) is 83.0 cm³/mol. The summed E-state index contributed by atoms with van der Waals surface area (Å²) in [6, 6.07) is 0. The number of rotatable bonds is 12. The maximum absolute atomic E-state index is 9.89. The van der Waals surface area contributed by atoms with Crippen molar-refractivity contribution in [3.05, 3.63) is 49.6 Å². The van der Waals surface area contributed by atoms with Crippen molar-refractivity contribution in [3.8, 4) is 0 Å². The van der Waals surface area contributed by atoms with Crippen molar-refractivity contribution in [2.24, 2.45) is 0 Å². The van der Waals surface area contributed by atoms with E-state index in [-0.39, 0.29) is 0 Å². The van der Waals surface area contributed by atoms with Crippen LogP contribution in [-0.2, 0) is 0 Å². The van der Waals surface area contributed by atoms with Gasteiger partial charge in [-0.3, -0.25) is 0 Å². The molecule has 2 N–H and O–H groups in total. The Bertz CT molecular complexity index is 274. The smallest absolute Gasteiger partial charge is 0.0601 e. The molecule has 19 heavy (non-hydrogen) atoms. The van der Waals surface area contributed by atoms with Crippen LogP contribution in [0.25, 0.3) is 0 Å². The van der Waals surface area contributed by atoms with Crippen LogP contribution in [0.15, 0.2) is 49.6 Å². The highest BCUT2D eigenvalue weighted by Gasteiger charge is 2.13. The molecule has 0 fully saturated rings. The Morgan fingerprint density at radius 2 is 1.21 bits per heavy atom. The molecule has 0 aromatic heterocycles. The van der Waals surface area contributed by atoms with Gasteiger partial charge in [0, 0.05) is 0 Å². The minimum atomic E-state index is -0.528. The first kappa shape index (κ1) is 17.9. The summed E-state index contributed by atoms with van der Waals surface area (Å²) in [5.41, 5.74) is 2.01. The molecule has 0 saturated carbocycles. The summed E-state index contributed by atoms with van der Waals surface area (Å²) in [5.74, 6) is 0. The molecule has 2 nitrogen and oxygen atoms in total. The zero-order valence-corrected chi connectivity index (χ0v) is 12.0. The van der Waals surface area contributed by atoms with E-state index in [1.807, 2.05) is 12.2 Å². The average molecular weight is 264 g/mol. The van der Waals surface area contributed by atoms with E-state index in [0.717, 1.165) is 36.8 Å². The molecule has 2 heteroatoms. The zero-order chi connectivity index (χ0) is 14.7. The molecule has 0 rings (SSSR count). The third-order valence-corrected chi connectivity index (χ3v) is 3.00. The van der Waals surface area contributed by atoms with Crippen LogP contribution in [0.4, 0.5) is 0 Å². The molecular formula is C17H28O2. The summed E-state index contributed by atoms with van der Waals surface area (Å²) in [4.78, 5) is 0.